The van der Waals surface area contributed by atoms with Crippen molar-refractivity contribution < 1.29 is 4.79 Å². The lowest BCUT2D eigenvalue weighted by Crippen LogP contribution is -2.50. The normalized spacial score (nSPS) is 37.8. The van der Waals surface area contributed by atoms with Crippen LogP contribution in [0, 0.1) is 51.8 Å². The Labute approximate surface area is 244 Å². The molecule has 3 saturated carbocycles. The molecule has 0 heterocycles. The van der Waals surface area contributed by atoms with Gasteiger partial charge in [0.25, 0.3) is 0 Å². The van der Waals surface area contributed by atoms with Crippen LogP contribution in [-0.4, -0.2) is 16.8 Å². The molecule has 0 amide bonds. The quantitative estimate of drug-likeness (QED) is 0.134. The van der Waals surface area contributed by atoms with Gasteiger partial charge in [0.05, 0.1) is 0 Å². The van der Waals surface area contributed by atoms with Gasteiger partial charge in [0, 0.05) is 22.8 Å². The van der Waals surface area contributed by atoms with Crippen LogP contribution in [-0.2, 0) is 4.79 Å². The van der Waals surface area contributed by atoms with Crippen molar-refractivity contribution >= 4 is 27.4 Å². The molecule has 4 aliphatic rings. The molecule has 3 heteroatoms. The Bertz CT molecular complexity index is 845. The minimum absolute atomic E-state index is 0.150. The van der Waals surface area contributed by atoms with E-state index >= 15 is 0 Å². The topological polar surface area (TPSA) is 17.1 Å². The van der Waals surface area contributed by atoms with Crippen LogP contribution in [0.2, 0.25) is 0 Å². The third kappa shape index (κ3) is 6.29. The molecule has 0 radical (unpaired) electrons. The van der Waals surface area contributed by atoms with Crippen molar-refractivity contribution in [2.75, 3.05) is 5.75 Å². The van der Waals surface area contributed by atoms with Gasteiger partial charge in [-0.2, -0.15) is 0 Å². The summed E-state index contributed by atoms with van der Waals surface area (Å²) in [6.45, 7) is 19.1. The Morgan fingerprint density at radius 1 is 1.05 bits per heavy atom. The van der Waals surface area contributed by atoms with Gasteiger partial charge in [-0.1, -0.05) is 108 Å². The summed E-state index contributed by atoms with van der Waals surface area (Å²) >= 11 is 0. The van der Waals surface area contributed by atoms with Gasteiger partial charge in [0.15, 0.2) is 0 Å². The lowest BCUT2D eigenvalue weighted by Gasteiger charge is -2.58. The average molecular weight is 561 g/mol. The summed E-state index contributed by atoms with van der Waals surface area (Å²) < 4.78 is 0. The number of rotatable bonds is 12. The van der Waals surface area contributed by atoms with Crippen LogP contribution >= 0.6 is 21.6 Å². The summed E-state index contributed by atoms with van der Waals surface area (Å²) in [5.41, 5.74) is 2.70. The van der Waals surface area contributed by atoms with E-state index in [0.29, 0.717) is 16.6 Å². The van der Waals surface area contributed by atoms with E-state index in [1.54, 1.807) is 0 Å². The maximum Gasteiger partial charge on any atom is 0.139 e. The van der Waals surface area contributed by atoms with Crippen molar-refractivity contribution in [1.82, 2.24) is 0 Å². The molecule has 0 saturated heterocycles. The lowest BCUT2D eigenvalue weighted by molar-refractivity contribution is -0.126. The second-order valence-electron chi connectivity index (χ2n) is 15.5. The van der Waals surface area contributed by atoms with Crippen molar-refractivity contribution in [1.29, 1.82) is 0 Å². The minimum atomic E-state index is -0.150. The fourth-order valence-electron chi connectivity index (χ4n) is 9.55. The molecule has 0 N–H and O–H groups in total. The number of Topliss-reactive ketones (excluding diaryl/α,β-unsaturated/α-hetero) is 1. The number of carbonyl (C=O) groups excluding carboxylic acids is 1. The fraction of sp³-hybridized carbons (Fsp3) is 0.914. The summed E-state index contributed by atoms with van der Waals surface area (Å²) in [7, 11) is 4.06. The van der Waals surface area contributed by atoms with Crippen LogP contribution in [0.5, 0.6) is 0 Å². The Balaban J connectivity index is 1.33. The second-order valence-corrected chi connectivity index (χ2v) is 18.3. The zero-order chi connectivity index (χ0) is 27.7. The van der Waals surface area contributed by atoms with Gasteiger partial charge in [-0.05, 0) is 104 Å². The molecular weight excluding hydrogens is 501 g/mol. The molecule has 1 nitrogen and oxygen atoms in total. The summed E-state index contributed by atoms with van der Waals surface area (Å²) in [4.78, 5) is 12.5. The summed E-state index contributed by atoms with van der Waals surface area (Å²) in [6.07, 6.45) is 20.0. The molecule has 0 spiro atoms. The maximum atomic E-state index is 12.5. The molecule has 218 valence electrons. The summed E-state index contributed by atoms with van der Waals surface area (Å²) in [5.74, 6) is 6.93. The van der Waals surface area contributed by atoms with E-state index in [9.17, 15) is 4.79 Å². The number of hydrogen-bond donors (Lipinski definition) is 0. The molecule has 4 aliphatic carbocycles. The van der Waals surface area contributed by atoms with Gasteiger partial charge in [-0.25, -0.2) is 0 Å². The van der Waals surface area contributed by atoms with Crippen molar-refractivity contribution in [3.8, 4) is 0 Å². The summed E-state index contributed by atoms with van der Waals surface area (Å²) in [5, 5.41) is 0.738. The van der Waals surface area contributed by atoms with E-state index < -0.39 is 0 Å². The van der Waals surface area contributed by atoms with Gasteiger partial charge in [-0.15, -0.1) is 0 Å². The monoisotopic (exact) mass is 560 g/mol. The third-order valence-corrected chi connectivity index (χ3v) is 15.4. The zero-order valence-corrected chi connectivity index (χ0v) is 27.9. The predicted octanol–water partition coefficient (Wildman–Crippen LogP) is 11.2. The molecule has 8 atom stereocenters. The van der Waals surface area contributed by atoms with Crippen LogP contribution in [0.3, 0.4) is 0 Å². The molecule has 3 unspecified atom stereocenters. The number of ketones is 1. The molecule has 0 aromatic heterocycles. The highest BCUT2D eigenvalue weighted by molar-refractivity contribution is 8.76. The highest BCUT2D eigenvalue weighted by Gasteiger charge is 2.59. The average Bonchev–Trinajstić information content (AvgIpc) is 3.23. The largest absolute Gasteiger partial charge is 0.299 e. The Hall–Kier alpha value is 0.110. The molecule has 4 rings (SSSR count). The molecule has 0 bridgehead atoms. The van der Waals surface area contributed by atoms with E-state index in [1.807, 2.05) is 16.4 Å². The Morgan fingerprint density at radius 2 is 1.82 bits per heavy atom. The van der Waals surface area contributed by atoms with Crippen molar-refractivity contribution in [3.05, 3.63) is 11.6 Å². The first-order chi connectivity index (χ1) is 17.9. The molecule has 0 aromatic carbocycles. The Morgan fingerprint density at radius 3 is 2.53 bits per heavy atom. The highest BCUT2D eigenvalue weighted by atomic mass is 33.1. The lowest BCUT2D eigenvalue weighted by atomic mass is 9.47. The van der Waals surface area contributed by atoms with E-state index in [0.717, 1.165) is 59.4 Å². The Kier molecular flexibility index (Phi) is 10.3. The van der Waals surface area contributed by atoms with Gasteiger partial charge in [0.2, 0.25) is 0 Å². The first-order valence-electron chi connectivity index (χ1n) is 16.4. The zero-order valence-electron chi connectivity index (χ0n) is 26.2. The standard InChI is InChI=1S/C35H60OS2/c1-9-33(5,6)32(36)19-22-37-38-27-17-20-34(7)26(23-27)13-14-28-30-16-15-29(25(4)12-10-11-24(2)3)35(30,8)21-18-31(28)34/h13,24-25,27-31H,9-12,14-23H2,1-8H3/t25-,27+,28?,29-,30?,31?,34+,35-/m1/s1. The first kappa shape index (κ1) is 31.1. The van der Waals surface area contributed by atoms with E-state index in [-0.39, 0.29) is 5.41 Å². The maximum absolute atomic E-state index is 12.5. The minimum Gasteiger partial charge on any atom is -0.299 e. The van der Waals surface area contributed by atoms with Crippen LogP contribution in [0.15, 0.2) is 11.6 Å². The van der Waals surface area contributed by atoms with Gasteiger partial charge < -0.3 is 0 Å². The van der Waals surface area contributed by atoms with E-state index in [1.165, 1.54) is 70.6 Å². The van der Waals surface area contributed by atoms with Crippen LogP contribution < -0.4 is 0 Å². The SMILES string of the molecule is CCC(C)(C)C(=O)CCSS[C@H]1CC[C@@]2(C)C(=CCC3C2CC[C@@]2(C)C3CC[C@@H]2[C@H](C)CCCC(C)C)C1. The predicted molar refractivity (Wildman–Crippen MR) is 171 cm³/mol. The molecule has 0 aliphatic heterocycles. The number of hydrogen-bond acceptors (Lipinski definition) is 3. The van der Waals surface area contributed by atoms with E-state index in [4.69, 9.17) is 0 Å². The molecule has 38 heavy (non-hydrogen) atoms. The van der Waals surface area contributed by atoms with E-state index in [2.05, 4.69) is 72.3 Å². The van der Waals surface area contributed by atoms with Gasteiger partial charge >= 0.3 is 0 Å². The first-order valence-corrected chi connectivity index (χ1v) is 18.8. The molecule has 3 fully saturated rings. The van der Waals surface area contributed by atoms with Crippen molar-refractivity contribution in [3.63, 3.8) is 0 Å². The van der Waals surface area contributed by atoms with Crippen LogP contribution in [0.4, 0.5) is 0 Å². The van der Waals surface area contributed by atoms with Crippen LogP contribution in [0.25, 0.3) is 0 Å². The molecule has 0 aromatic rings. The fourth-order valence-corrected chi connectivity index (χ4v) is 12.2. The smallest absolute Gasteiger partial charge is 0.139 e. The van der Waals surface area contributed by atoms with Crippen molar-refractivity contribution in [2.45, 2.75) is 144 Å². The number of carbonyl (C=O) groups is 1. The number of fused-ring (bicyclic) bond motifs is 5. The summed E-state index contributed by atoms with van der Waals surface area (Å²) in [6, 6.07) is 0. The molecular formula is C35H60OS2. The third-order valence-electron chi connectivity index (χ3n) is 12.5. The van der Waals surface area contributed by atoms with Crippen LogP contribution in [0.1, 0.15) is 139 Å². The van der Waals surface area contributed by atoms with Crippen molar-refractivity contribution in [2.24, 2.45) is 51.8 Å². The highest BCUT2D eigenvalue weighted by Crippen LogP contribution is 2.67. The second kappa shape index (κ2) is 12.5. The van der Waals surface area contributed by atoms with Gasteiger partial charge in [-0.3, -0.25) is 4.79 Å². The van der Waals surface area contributed by atoms with Gasteiger partial charge in [0.1, 0.15) is 5.78 Å². The number of allylic oxidation sites excluding steroid dienone is 2.